The van der Waals surface area contributed by atoms with Crippen molar-refractivity contribution >= 4 is 56.0 Å². The molecule has 2 aromatic carbocycles. The molecule has 0 aliphatic rings. The molecule has 0 aliphatic heterocycles. The molecule has 4 aromatic rings. The van der Waals surface area contributed by atoms with Crippen LogP contribution in [0, 0.1) is 6.92 Å². The van der Waals surface area contributed by atoms with Crippen molar-refractivity contribution < 1.29 is 4.79 Å². The van der Waals surface area contributed by atoms with Gasteiger partial charge in [-0.15, -0.1) is 11.3 Å². The van der Waals surface area contributed by atoms with Crippen molar-refractivity contribution in [2.24, 2.45) is 5.10 Å². The molecular weight excluding hydrogens is 354 g/mol. The Kier molecular flexibility index (Phi) is 4.03. The Morgan fingerprint density at radius 2 is 1.88 bits per heavy atom. The molecule has 4 rings (SSSR count). The Hall–Kier alpha value is -2.63. The molecule has 0 radical (unpaired) electrons. The molecular formula is C19H14ClN3OS. The number of hydrogen-bond donors (Lipinski definition) is 2. The van der Waals surface area contributed by atoms with E-state index < -0.39 is 0 Å². The molecule has 0 spiro atoms. The minimum atomic E-state index is -0.306. The number of nitrogens with one attached hydrogen (secondary N) is 2. The summed E-state index contributed by atoms with van der Waals surface area (Å²) in [6, 6.07) is 15.7. The van der Waals surface area contributed by atoms with Crippen LogP contribution in [0.1, 0.15) is 20.9 Å². The van der Waals surface area contributed by atoms with Crippen LogP contribution in [0.2, 0.25) is 5.02 Å². The Labute approximate surface area is 153 Å². The van der Waals surface area contributed by atoms with Crippen LogP contribution in [0.15, 0.2) is 53.6 Å². The summed E-state index contributed by atoms with van der Waals surface area (Å²) >= 11 is 7.69. The highest BCUT2D eigenvalue weighted by atomic mass is 35.5. The number of halogens is 1. The zero-order valence-corrected chi connectivity index (χ0v) is 14.9. The van der Waals surface area contributed by atoms with Crippen LogP contribution in [-0.4, -0.2) is 17.1 Å². The molecule has 0 saturated heterocycles. The molecule has 0 unspecified atom stereocenters. The zero-order chi connectivity index (χ0) is 17.4. The SMILES string of the molecule is Cc1[nH]c2ccccc2c1/C=N/NC(=O)c1sc2ccccc2c1Cl. The monoisotopic (exact) mass is 367 g/mol. The van der Waals surface area contributed by atoms with Gasteiger partial charge in [-0.1, -0.05) is 48.0 Å². The molecule has 0 aliphatic carbocycles. The van der Waals surface area contributed by atoms with Gasteiger partial charge >= 0.3 is 0 Å². The summed E-state index contributed by atoms with van der Waals surface area (Å²) in [6.07, 6.45) is 1.66. The van der Waals surface area contributed by atoms with Crippen molar-refractivity contribution in [2.75, 3.05) is 0 Å². The number of aromatic amines is 1. The van der Waals surface area contributed by atoms with Crippen LogP contribution in [-0.2, 0) is 0 Å². The van der Waals surface area contributed by atoms with E-state index in [2.05, 4.69) is 15.5 Å². The van der Waals surface area contributed by atoms with E-state index in [1.54, 1.807) is 6.21 Å². The average Bonchev–Trinajstić information content (AvgIpc) is 3.13. The second-order valence-electron chi connectivity index (χ2n) is 5.65. The number of benzene rings is 2. The summed E-state index contributed by atoms with van der Waals surface area (Å²) < 4.78 is 0.981. The van der Waals surface area contributed by atoms with E-state index >= 15 is 0 Å². The van der Waals surface area contributed by atoms with Gasteiger partial charge in [-0.2, -0.15) is 5.10 Å². The predicted octanol–water partition coefficient (Wildman–Crippen LogP) is 5.11. The van der Waals surface area contributed by atoms with Crippen molar-refractivity contribution in [1.82, 2.24) is 10.4 Å². The number of aryl methyl sites for hydroxylation is 1. The minimum Gasteiger partial charge on any atom is -0.358 e. The van der Waals surface area contributed by atoms with Gasteiger partial charge in [0.05, 0.1) is 11.2 Å². The molecule has 2 N–H and O–H groups in total. The van der Waals surface area contributed by atoms with Gasteiger partial charge in [0, 0.05) is 32.2 Å². The molecule has 6 heteroatoms. The predicted molar refractivity (Wildman–Crippen MR) is 105 cm³/mol. The van der Waals surface area contributed by atoms with Crippen LogP contribution in [0.4, 0.5) is 0 Å². The zero-order valence-electron chi connectivity index (χ0n) is 13.3. The molecule has 1 amide bonds. The lowest BCUT2D eigenvalue weighted by atomic mass is 10.1. The highest BCUT2D eigenvalue weighted by Gasteiger charge is 2.16. The number of H-pyrrole nitrogens is 1. The van der Waals surface area contributed by atoms with E-state index in [4.69, 9.17) is 11.6 Å². The largest absolute Gasteiger partial charge is 0.358 e. The normalized spacial score (nSPS) is 11.6. The first-order valence-electron chi connectivity index (χ1n) is 7.73. The Morgan fingerprint density at radius 3 is 2.68 bits per heavy atom. The standard InChI is InChI=1S/C19H14ClN3OS/c1-11-14(12-6-2-4-8-15(12)22-11)10-21-23-19(24)18-17(20)13-7-3-5-9-16(13)25-18/h2-10,22H,1H3,(H,23,24)/b21-10+. The van der Waals surface area contributed by atoms with Gasteiger partial charge in [0.2, 0.25) is 0 Å². The number of aromatic nitrogens is 1. The lowest BCUT2D eigenvalue weighted by Gasteiger charge is -1.97. The van der Waals surface area contributed by atoms with Crippen molar-refractivity contribution in [1.29, 1.82) is 0 Å². The van der Waals surface area contributed by atoms with E-state index in [1.807, 2.05) is 55.5 Å². The topological polar surface area (TPSA) is 57.2 Å². The van der Waals surface area contributed by atoms with E-state index in [9.17, 15) is 4.79 Å². The van der Waals surface area contributed by atoms with E-state index in [1.165, 1.54) is 11.3 Å². The number of hydrogen-bond acceptors (Lipinski definition) is 3. The summed E-state index contributed by atoms with van der Waals surface area (Å²) in [5.74, 6) is -0.306. The van der Waals surface area contributed by atoms with Gasteiger partial charge in [-0.3, -0.25) is 4.79 Å². The van der Waals surface area contributed by atoms with Gasteiger partial charge in [-0.05, 0) is 19.1 Å². The number of fused-ring (bicyclic) bond motifs is 2. The Morgan fingerprint density at radius 1 is 1.16 bits per heavy atom. The molecule has 2 heterocycles. The molecule has 0 fully saturated rings. The Bertz CT molecular complexity index is 1130. The van der Waals surface area contributed by atoms with E-state index in [0.29, 0.717) is 9.90 Å². The smallest absolute Gasteiger partial charge is 0.283 e. The number of nitrogens with zero attached hydrogens (tertiary/aromatic N) is 1. The number of hydrazone groups is 1. The van der Waals surface area contributed by atoms with Crippen LogP contribution >= 0.6 is 22.9 Å². The van der Waals surface area contributed by atoms with Crippen LogP contribution in [0.3, 0.4) is 0 Å². The maximum Gasteiger partial charge on any atom is 0.283 e. The summed E-state index contributed by atoms with van der Waals surface area (Å²) in [7, 11) is 0. The molecule has 2 aromatic heterocycles. The van der Waals surface area contributed by atoms with Gasteiger partial charge in [0.15, 0.2) is 0 Å². The second-order valence-corrected chi connectivity index (χ2v) is 7.08. The van der Waals surface area contributed by atoms with Gasteiger partial charge in [0.1, 0.15) is 4.88 Å². The number of para-hydroxylation sites is 1. The quantitative estimate of drug-likeness (QED) is 0.383. The lowest BCUT2D eigenvalue weighted by molar-refractivity contribution is 0.0959. The fraction of sp³-hybridized carbons (Fsp3) is 0.0526. The molecule has 0 bridgehead atoms. The molecule has 0 atom stereocenters. The fourth-order valence-electron chi connectivity index (χ4n) is 2.83. The minimum absolute atomic E-state index is 0.306. The van der Waals surface area contributed by atoms with Crippen LogP contribution in [0.5, 0.6) is 0 Å². The Balaban J connectivity index is 1.59. The molecule has 4 nitrogen and oxygen atoms in total. The lowest BCUT2D eigenvalue weighted by Crippen LogP contribution is -2.16. The third-order valence-electron chi connectivity index (χ3n) is 4.04. The summed E-state index contributed by atoms with van der Waals surface area (Å²) in [5, 5.41) is 6.54. The first-order valence-corrected chi connectivity index (χ1v) is 8.92. The maximum absolute atomic E-state index is 12.4. The number of amides is 1. The summed E-state index contributed by atoms with van der Waals surface area (Å²) in [5.41, 5.74) is 5.57. The van der Waals surface area contributed by atoms with E-state index in [-0.39, 0.29) is 5.91 Å². The molecule has 0 saturated carbocycles. The van der Waals surface area contributed by atoms with Crippen molar-refractivity contribution in [3.8, 4) is 0 Å². The van der Waals surface area contributed by atoms with E-state index in [0.717, 1.165) is 32.2 Å². The highest BCUT2D eigenvalue weighted by Crippen LogP contribution is 2.34. The van der Waals surface area contributed by atoms with Crippen molar-refractivity contribution in [2.45, 2.75) is 6.92 Å². The fourth-order valence-corrected chi connectivity index (χ4v) is 4.24. The number of carbonyl (C=O) groups is 1. The number of thiophene rings is 1. The number of rotatable bonds is 3. The third-order valence-corrected chi connectivity index (χ3v) is 5.72. The highest BCUT2D eigenvalue weighted by molar-refractivity contribution is 7.21. The summed E-state index contributed by atoms with van der Waals surface area (Å²) in [6.45, 7) is 1.98. The third kappa shape index (κ3) is 2.81. The maximum atomic E-state index is 12.4. The van der Waals surface area contributed by atoms with Gasteiger partial charge < -0.3 is 4.98 Å². The van der Waals surface area contributed by atoms with Gasteiger partial charge in [0.25, 0.3) is 5.91 Å². The van der Waals surface area contributed by atoms with Crippen LogP contribution in [0.25, 0.3) is 21.0 Å². The van der Waals surface area contributed by atoms with Crippen LogP contribution < -0.4 is 5.43 Å². The first-order chi connectivity index (χ1) is 12.1. The van der Waals surface area contributed by atoms with Gasteiger partial charge in [-0.25, -0.2) is 5.43 Å². The average molecular weight is 368 g/mol. The molecule has 124 valence electrons. The summed E-state index contributed by atoms with van der Waals surface area (Å²) in [4.78, 5) is 16.2. The van der Waals surface area contributed by atoms with Crippen molar-refractivity contribution in [3.05, 3.63) is 69.7 Å². The second kappa shape index (κ2) is 6.35. The number of carbonyl (C=O) groups excluding carboxylic acids is 1. The van der Waals surface area contributed by atoms with Crippen molar-refractivity contribution in [3.63, 3.8) is 0 Å². The first kappa shape index (κ1) is 15.9. The molecule has 25 heavy (non-hydrogen) atoms.